The number of pyridine rings is 1. The van der Waals surface area contributed by atoms with Gasteiger partial charge in [-0.15, -0.1) is 0 Å². The number of anilines is 1. The Kier molecular flexibility index (Phi) is 6.56. The zero-order chi connectivity index (χ0) is 28.1. The van der Waals surface area contributed by atoms with Gasteiger partial charge in [0.05, 0.1) is 35.8 Å². The van der Waals surface area contributed by atoms with Crippen LogP contribution in [0, 0.1) is 0 Å². The summed E-state index contributed by atoms with van der Waals surface area (Å²) in [5.41, 5.74) is 5.26. The molecule has 10 nitrogen and oxygen atoms in total. The number of fused-ring (bicyclic) bond motifs is 2. The zero-order valence-electron chi connectivity index (χ0n) is 23.6. The second-order valence-corrected chi connectivity index (χ2v) is 11.8. The van der Waals surface area contributed by atoms with Gasteiger partial charge in [-0.25, -0.2) is 9.97 Å². The van der Waals surface area contributed by atoms with Crippen molar-refractivity contribution in [1.82, 2.24) is 29.2 Å². The lowest BCUT2D eigenvalue weighted by Gasteiger charge is -2.48. The molecule has 4 atom stereocenters. The number of amides is 1. The fourth-order valence-electron chi connectivity index (χ4n) is 6.83. The van der Waals surface area contributed by atoms with E-state index < -0.39 is 11.6 Å². The Bertz CT molecular complexity index is 1570. The Balaban J connectivity index is 1.12. The number of hydrogen-bond donors (Lipinski definition) is 2. The molecule has 1 aromatic carbocycles. The first-order chi connectivity index (χ1) is 19.9. The van der Waals surface area contributed by atoms with E-state index >= 15 is 0 Å². The number of nitrogens with zero attached hydrogens (tertiary/aromatic N) is 6. The lowest BCUT2D eigenvalue weighted by Crippen LogP contribution is -2.65. The average molecular weight is 556 g/mol. The number of aromatic nitrogens is 4. The van der Waals surface area contributed by atoms with Gasteiger partial charge in [0, 0.05) is 70.2 Å². The Morgan fingerprint density at radius 2 is 2.05 bits per heavy atom. The van der Waals surface area contributed by atoms with Crippen LogP contribution in [0.25, 0.3) is 5.65 Å². The molecule has 2 saturated heterocycles. The number of aliphatic hydroxyl groups is 1. The van der Waals surface area contributed by atoms with Crippen LogP contribution in [0.2, 0.25) is 0 Å². The van der Waals surface area contributed by atoms with E-state index in [0.29, 0.717) is 24.7 Å². The molecular formula is C31H37N7O3. The summed E-state index contributed by atoms with van der Waals surface area (Å²) in [7, 11) is 1.69. The van der Waals surface area contributed by atoms with Gasteiger partial charge in [-0.05, 0) is 43.4 Å². The van der Waals surface area contributed by atoms with Crippen molar-refractivity contribution < 1.29 is 14.6 Å². The monoisotopic (exact) mass is 555 g/mol. The third kappa shape index (κ3) is 4.60. The molecule has 2 N–H and O–H groups in total. The van der Waals surface area contributed by atoms with Gasteiger partial charge in [0.2, 0.25) is 0 Å². The van der Waals surface area contributed by atoms with E-state index in [1.807, 2.05) is 36.2 Å². The van der Waals surface area contributed by atoms with E-state index in [4.69, 9.17) is 9.72 Å². The van der Waals surface area contributed by atoms with Crippen molar-refractivity contribution in [3.63, 3.8) is 0 Å². The van der Waals surface area contributed by atoms with Crippen LogP contribution in [0.5, 0.6) is 0 Å². The summed E-state index contributed by atoms with van der Waals surface area (Å²) in [6.45, 7) is 5.39. The van der Waals surface area contributed by atoms with Crippen LogP contribution in [0.1, 0.15) is 59.1 Å². The Morgan fingerprint density at radius 3 is 2.83 bits per heavy atom. The highest BCUT2D eigenvalue weighted by molar-refractivity contribution is 5.93. The predicted molar refractivity (Wildman–Crippen MR) is 155 cm³/mol. The number of benzene rings is 1. The number of hydrogen-bond acceptors (Lipinski definition) is 7. The highest BCUT2D eigenvalue weighted by atomic mass is 16.5. The van der Waals surface area contributed by atoms with Gasteiger partial charge in [-0.2, -0.15) is 0 Å². The summed E-state index contributed by atoms with van der Waals surface area (Å²) in [4.78, 5) is 26.8. The second-order valence-electron chi connectivity index (χ2n) is 11.8. The van der Waals surface area contributed by atoms with Crippen molar-refractivity contribution in [3.05, 3.63) is 83.8 Å². The second kappa shape index (κ2) is 10.3. The van der Waals surface area contributed by atoms with E-state index in [2.05, 4.69) is 56.3 Å². The molecule has 0 radical (unpaired) electrons. The molecule has 0 saturated carbocycles. The first kappa shape index (κ1) is 26.2. The van der Waals surface area contributed by atoms with E-state index in [9.17, 15) is 9.90 Å². The zero-order valence-corrected chi connectivity index (χ0v) is 23.6. The molecule has 1 spiro atoms. The molecule has 0 bridgehead atoms. The minimum absolute atomic E-state index is 0.155. The van der Waals surface area contributed by atoms with Gasteiger partial charge in [0.15, 0.2) is 0 Å². The number of likely N-dealkylation sites (tertiary alicyclic amines) is 1. The summed E-state index contributed by atoms with van der Waals surface area (Å²) in [5.74, 6) is -0.155. The third-order valence-electron chi connectivity index (χ3n) is 9.45. The number of methoxy groups -OCH3 is 1. The summed E-state index contributed by atoms with van der Waals surface area (Å²) in [5, 5.41) is 14.9. The Labute approximate surface area is 239 Å². The smallest absolute Gasteiger partial charge is 0.274 e. The molecule has 3 aromatic heterocycles. The molecule has 4 aromatic rings. The number of rotatable bonds is 5. The topological polar surface area (TPSA) is 100 Å². The van der Waals surface area contributed by atoms with Gasteiger partial charge >= 0.3 is 0 Å². The number of nitrogens with one attached hydrogen (secondary N) is 1. The molecule has 6 heterocycles. The van der Waals surface area contributed by atoms with E-state index in [1.54, 1.807) is 12.0 Å². The van der Waals surface area contributed by atoms with Crippen LogP contribution in [0.4, 0.5) is 5.69 Å². The Hall–Kier alpha value is -3.73. The van der Waals surface area contributed by atoms with Crippen molar-refractivity contribution in [2.45, 2.75) is 56.5 Å². The molecule has 10 heteroatoms. The van der Waals surface area contributed by atoms with Crippen LogP contribution >= 0.6 is 0 Å². The number of aliphatic hydroxyl groups excluding tert-OH is 1. The van der Waals surface area contributed by atoms with Crippen molar-refractivity contribution in [2.75, 3.05) is 38.2 Å². The standard InChI is InChI=1S/C31H37N7O3/c1-21(41-2)26-13-25(35-10-7-24(16-35)37-12-9-32-20-37)17-38-18-27(34-29(26)38)30(40)36-11-8-31(28(39)19-36)14-22-5-3-4-6-23(22)15-33-31/h3-6,9,12-13,17-18,20-21,24,28,33,39H,7-8,10-11,14-16,19H2,1-2H3/t21-,24?,28-,31+/m1/s1. The average Bonchev–Trinajstić information content (AvgIpc) is 3.78. The number of ether oxygens (including phenoxy) is 1. The number of piperidine rings is 1. The van der Waals surface area contributed by atoms with Gasteiger partial charge in [-0.3, -0.25) is 4.79 Å². The van der Waals surface area contributed by atoms with E-state index in [0.717, 1.165) is 49.4 Å². The molecular weight excluding hydrogens is 518 g/mol. The van der Waals surface area contributed by atoms with Gasteiger partial charge in [0.1, 0.15) is 11.3 Å². The van der Waals surface area contributed by atoms with Gasteiger partial charge in [0.25, 0.3) is 5.91 Å². The molecule has 7 rings (SSSR count). The highest BCUT2D eigenvalue weighted by Gasteiger charge is 2.45. The normalized spacial score (nSPS) is 25.1. The molecule has 214 valence electrons. The fraction of sp³-hybridized carbons (Fsp3) is 0.452. The van der Waals surface area contributed by atoms with E-state index in [-0.39, 0.29) is 18.6 Å². The van der Waals surface area contributed by atoms with Gasteiger partial charge < -0.3 is 33.9 Å². The van der Waals surface area contributed by atoms with Crippen molar-refractivity contribution in [3.8, 4) is 0 Å². The molecule has 3 aliphatic heterocycles. The van der Waals surface area contributed by atoms with Crippen LogP contribution < -0.4 is 10.2 Å². The third-order valence-corrected chi connectivity index (χ3v) is 9.45. The molecule has 2 fully saturated rings. The SMILES string of the molecule is CO[C@H](C)c1cc(N2CCC(n3ccnc3)C2)cn2cc(C(=O)N3CC[C@]4(Cc5ccccc5CN4)[C@H](O)C3)nc12. The largest absolute Gasteiger partial charge is 0.389 e. The lowest BCUT2D eigenvalue weighted by molar-refractivity contribution is -0.0140. The van der Waals surface area contributed by atoms with Crippen LogP contribution in [0.15, 0.2) is 61.4 Å². The summed E-state index contributed by atoms with van der Waals surface area (Å²) >= 11 is 0. The molecule has 3 aliphatic rings. The lowest BCUT2D eigenvalue weighted by atomic mass is 9.76. The number of imidazole rings is 2. The molecule has 0 aliphatic carbocycles. The molecule has 1 unspecified atom stereocenters. The summed E-state index contributed by atoms with van der Waals surface area (Å²) in [6.07, 6.45) is 11.2. The number of carbonyl (C=O) groups excluding carboxylic acids is 1. The van der Waals surface area contributed by atoms with Crippen LogP contribution in [0.3, 0.4) is 0 Å². The fourth-order valence-corrected chi connectivity index (χ4v) is 6.83. The quantitative estimate of drug-likeness (QED) is 0.391. The van der Waals surface area contributed by atoms with E-state index in [1.165, 1.54) is 11.1 Å². The Morgan fingerprint density at radius 1 is 1.20 bits per heavy atom. The maximum atomic E-state index is 13.7. The number of carbonyl (C=O) groups is 1. The van der Waals surface area contributed by atoms with Crippen LogP contribution in [-0.4, -0.2) is 79.8 Å². The molecule has 41 heavy (non-hydrogen) atoms. The van der Waals surface area contributed by atoms with Gasteiger partial charge in [-0.1, -0.05) is 24.3 Å². The maximum absolute atomic E-state index is 13.7. The minimum atomic E-state index is -0.667. The highest BCUT2D eigenvalue weighted by Crippen LogP contribution is 2.34. The van der Waals surface area contributed by atoms with Crippen molar-refractivity contribution in [1.29, 1.82) is 0 Å². The molecule has 1 amide bonds. The number of β-amino-alcohol motifs (C(OH)–C–C–N with tert-alkyl or cyclic N) is 1. The van der Waals surface area contributed by atoms with Crippen molar-refractivity contribution in [2.24, 2.45) is 0 Å². The van der Waals surface area contributed by atoms with Crippen LogP contribution in [-0.2, 0) is 17.7 Å². The predicted octanol–water partition coefficient (Wildman–Crippen LogP) is 2.98. The minimum Gasteiger partial charge on any atom is -0.389 e. The summed E-state index contributed by atoms with van der Waals surface area (Å²) in [6, 6.07) is 10.9. The summed E-state index contributed by atoms with van der Waals surface area (Å²) < 4.78 is 9.84. The first-order valence-corrected chi connectivity index (χ1v) is 14.5. The van der Waals surface area contributed by atoms with Crippen molar-refractivity contribution >= 4 is 17.2 Å². The first-order valence-electron chi connectivity index (χ1n) is 14.5. The maximum Gasteiger partial charge on any atom is 0.274 e.